The molecule has 0 saturated carbocycles. The van der Waals surface area contributed by atoms with Crippen molar-refractivity contribution in [2.45, 2.75) is 57.0 Å². The van der Waals surface area contributed by atoms with Gasteiger partial charge in [-0.3, -0.25) is 9.36 Å². The van der Waals surface area contributed by atoms with E-state index < -0.39 is 0 Å². The van der Waals surface area contributed by atoms with E-state index in [1.165, 1.54) is 41.7 Å². The fraction of sp³-hybridized carbons (Fsp3) is 0.357. The van der Waals surface area contributed by atoms with Gasteiger partial charge < -0.3 is 4.74 Å². The van der Waals surface area contributed by atoms with Crippen LogP contribution in [0.2, 0.25) is 0 Å². The predicted octanol–water partition coefficient (Wildman–Crippen LogP) is 7.28. The number of unbranched alkanes of at least 4 members (excludes halogenated alkanes) is 4. The maximum absolute atomic E-state index is 14.1. The van der Waals surface area contributed by atoms with E-state index in [0.717, 1.165) is 51.6 Å². The van der Waals surface area contributed by atoms with Crippen molar-refractivity contribution in [3.63, 3.8) is 0 Å². The van der Waals surface area contributed by atoms with Crippen molar-refractivity contribution in [1.82, 2.24) is 9.55 Å². The van der Waals surface area contributed by atoms with Crippen LogP contribution in [-0.2, 0) is 12.8 Å². The normalized spacial score (nSPS) is 12.5. The minimum absolute atomic E-state index is 0.0138. The first kappa shape index (κ1) is 23.2. The molecule has 5 rings (SSSR count). The van der Waals surface area contributed by atoms with Crippen molar-refractivity contribution in [1.29, 1.82) is 0 Å². The van der Waals surface area contributed by atoms with E-state index in [1.807, 2.05) is 24.3 Å². The lowest BCUT2D eigenvalue weighted by atomic mass is 9.90. The fourth-order valence-electron chi connectivity index (χ4n) is 4.76. The third-order valence-electron chi connectivity index (χ3n) is 6.51. The molecule has 4 aromatic rings. The zero-order chi connectivity index (χ0) is 23.5. The number of aryl methyl sites for hydroxylation is 2. The highest BCUT2D eigenvalue weighted by Crippen LogP contribution is 2.43. The number of benzene rings is 2. The number of nitrogens with zero attached hydrogens (tertiary/aromatic N) is 2. The maximum Gasteiger partial charge on any atom is 0.267 e. The monoisotopic (exact) mass is 490 g/mol. The van der Waals surface area contributed by atoms with Crippen LogP contribution in [0.15, 0.2) is 58.5 Å². The van der Waals surface area contributed by atoms with Gasteiger partial charge >= 0.3 is 0 Å². The molecule has 0 saturated heterocycles. The molecule has 0 aliphatic heterocycles. The molecule has 2 aromatic heterocycles. The highest BCUT2D eigenvalue weighted by molar-refractivity contribution is 7.99. The largest absolute Gasteiger partial charge is 0.495 e. The standard InChI is InChI=1S/C28H30N2O2S2/c1-3-4-5-6-11-18-33-28-29-26-24(27(31)30(28)22-14-9-10-15-23(22)32-2)21-17-16-19-12-7-8-13-20(19)25(21)34-26/h7-10,12-15H,3-6,11,16-18H2,1-2H3. The Labute approximate surface area is 209 Å². The molecular formula is C28H30N2O2S2. The zero-order valence-corrected chi connectivity index (χ0v) is 21.4. The van der Waals surface area contributed by atoms with Crippen molar-refractivity contribution in [3.05, 3.63) is 70.0 Å². The quantitative estimate of drug-likeness (QED) is 0.140. The van der Waals surface area contributed by atoms with Crippen LogP contribution in [0.3, 0.4) is 0 Å². The number of methoxy groups -OCH3 is 1. The molecule has 0 atom stereocenters. The Morgan fingerprint density at radius 2 is 1.82 bits per heavy atom. The minimum atomic E-state index is 0.0138. The van der Waals surface area contributed by atoms with Crippen LogP contribution in [0.4, 0.5) is 0 Å². The third-order valence-corrected chi connectivity index (χ3v) is 8.69. The SMILES string of the molecule is CCCCCCCSc1nc2sc3c(c2c(=O)n1-c1ccccc1OC)CCc1ccccc1-3. The molecule has 176 valence electrons. The highest BCUT2D eigenvalue weighted by atomic mass is 32.2. The van der Waals surface area contributed by atoms with E-state index in [1.54, 1.807) is 34.8 Å². The Balaban J connectivity index is 1.63. The minimum Gasteiger partial charge on any atom is -0.495 e. The van der Waals surface area contributed by atoms with Gasteiger partial charge in [0, 0.05) is 10.6 Å². The Morgan fingerprint density at radius 3 is 2.68 bits per heavy atom. The summed E-state index contributed by atoms with van der Waals surface area (Å²) >= 11 is 3.35. The van der Waals surface area contributed by atoms with Gasteiger partial charge in [-0.25, -0.2) is 4.98 Å². The average molecular weight is 491 g/mol. The number of thioether (sulfide) groups is 1. The van der Waals surface area contributed by atoms with Crippen molar-refractivity contribution < 1.29 is 4.74 Å². The summed E-state index contributed by atoms with van der Waals surface area (Å²) in [5, 5.41) is 1.53. The van der Waals surface area contributed by atoms with Gasteiger partial charge in [-0.15, -0.1) is 11.3 Å². The van der Waals surface area contributed by atoms with Crippen LogP contribution >= 0.6 is 23.1 Å². The first-order valence-corrected chi connectivity index (χ1v) is 14.0. The van der Waals surface area contributed by atoms with Gasteiger partial charge in [0.1, 0.15) is 10.6 Å². The van der Waals surface area contributed by atoms with Gasteiger partial charge in [0.05, 0.1) is 18.2 Å². The molecule has 6 heteroatoms. The summed E-state index contributed by atoms with van der Waals surface area (Å²) in [6.07, 6.45) is 7.95. The molecule has 0 spiro atoms. The molecule has 34 heavy (non-hydrogen) atoms. The molecule has 0 radical (unpaired) electrons. The van der Waals surface area contributed by atoms with Crippen LogP contribution < -0.4 is 10.3 Å². The third kappa shape index (κ3) is 4.29. The van der Waals surface area contributed by atoms with Crippen molar-refractivity contribution in [2.75, 3.05) is 12.9 Å². The molecule has 2 aromatic carbocycles. The van der Waals surface area contributed by atoms with Crippen LogP contribution in [0, 0.1) is 0 Å². The average Bonchev–Trinajstić information content (AvgIpc) is 3.25. The second-order valence-electron chi connectivity index (χ2n) is 8.72. The molecular weight excluding hydrogens is 460 g/mol. The van der Waals surface area contributed by atoms with Crippen molar-refractivity contribution in [2.24, 2.45) is 0 Å². The van der Waals surface area contributed by atoms with Gasteiger partial charge in [0.15, 0.2) is 5.16 Å². The summed E-state index contributed by atoms with van der Waals surface area (Å²) in [7, 11) is 1.65. The van der Waals surface area contributed by atoms with Crippen LogP contribution in [0.1, 0.15) is 50.2 Å². The molecule has 2 heterocycles. The summed E-state index contributed by atoms with van der Waals surface area (Å²) in [5.74, 6) is 1.63. The van der Waals surface area contributed by atoms with E-state index in [2.05, 4.69) is 31.2 Å². The molecule has 4 nitrogen and oxygen atoms in total. The number of aromatic nitrogens is 2. The number of rotatable bonds is 9. The smallest absolute Gasteiger partial charge is 0.267 e. The summed E-state index contributed by atoms with van der Waals surface area (Å²) in [5.41, 5.74) is 4.53. The van der Waals surface area contributed by atoms with E-state index in [4.69, 9.17) is 9.72 Å². The van der Waals surface area contributed by atoms with Gasteiger partial charge in [0.25, 0.3) is 5.56 Å². The van der Waals surface area contributed by atoms with E-state index in [-0.39, 0.29) is 5.56 Å². The van der Waals surface area contributed by atoms with Crippen LogP contribution in [-0.4, -0.2) is 22.4 Å². The number of hydrogen-bond donors (Lipinski definition) is 0. The molecule has 0 N–H and O–H groups in total. The van der Waals surface area contributed by atoms with Crippen LogP contribution in [0.25, 0.3) is 26.3 Å². The number of para-hydroxylation sites is 2. The summed E-state index contributed by atoms with van der Waals surface area (Å²) in [4.78, 5) is 21.2. The summed E-state index contributed by atoms with van der Waals surface area (Å²) < 4.78 is 7.42. The number of fused-ring (bicyclic) bond motifs is 5. The molecule has 0 fully saturated rings. The molecule has 0 bridgehead atoms. The number of ether oxygens (including phenoxy) is 1. The van der Waals surface area contributed by atoms with Gasteiger partial charge in [-0.2, -0.15) is 0 Å². The van der Waals surface area contributed by atoms with Gasteiger partial charge in [-0.05, 0) is 48.1 Å². The molecule has 1 aliphatic carbocycles. The number of hydrogen-bond acceptors (Lipinski definition) is 5. The molecule has 1 aliphatic rings. The Morgan fingerprint density at radius 1 is 1.03 bits per heavy atom. The van der Waals surface area contributed by atoms with Gasteiger partial charge in [0.2, 0.25) is 0 Å². The highest BCUT2D eigenvalue weighted by Gasteiger charge is 2.26. The second-order valence-corrected chi connectivity index (χ2v) is 10.8. The predicted molar refractivity (Wildman–Crippen MR) is 144 cm³/mol. The topological polar surface area (TPSA) is 44.1 Å². The lowest BCUT2D eigenvalue weighted by Crippen LogP contribution is -2.23. The first-order valence-electron chi connectivity index (χ1n) is 12.2. The van der Waals surface area contributed by atoms with Crippen molar-refractivity contribution in [3.8, 4) is 21.9 Å². The van der Waals surface area contributed by atoms with E-state index >= 15 is 0 Å². The second kappa shape index (κ2) is 10.4. The zero-order valence-electron chi connectivity index (χ0n) is 19.8. The first-order chi connectivity index (χ1) is 16.7. The Hall–Kier alpha value is -2.57. The number of thiophene rings is 1. The maximum atomic E-state index is 14.1. The molecule has 0 amide bonds. The Kier molecular flexibility index (Phi) is 7.07. The van der Waals surface area contributed by atoms with E-state index in [9.17, 15) is 4.79 Å². The fourth-order valence-corrected chi connectivity index (χ4v) is 7.08. The summed E-state index contributed by atoms with van der Waals surface area (Å²) in [6.45, 7) is 2.23. The van der Waals surface area contributed by atoms with Crippen LogP contribution in [0.5, 0.6) is 5.75 Å². The summed E-state index contributed by atoms with van der Waals surface area (Å²) in [6, 6.07) is 16.3. The van der Waals surface area contributed by atoms with Gasteiger partial charge in [-0.1, -0.05) is 80.8 Å². The van der Waals surface area contributed by atoms with E-state index in [0.29, 0.717) is 5.75 Å². The molecule has 0 unspecified atom stereocenters. The lowest BCUT2D eigenvalue weighted by molar-refractivity contribution is 0.411. The van der Waals surface area contributed by atoms with Crippen molar-refractivity contribution >= 4 is 33.3 Å². The lowest BCUT2D eigenvalue weighted by Gasteiger charge is -2.17. The Bertz CT molecular complexity index is 1370.